The summed E-state index contributed by atoms with van der Waals surface area (Å²) in [6.07, 6.45) is 55.3. The molecule has 0 aliphatic carbocycles. The van der Waals surface area contributed by atoms with E-state index in [9.17, 15) is 33.6 Å². The molecule has 0 radical (unpaired) electrons. The summed E-state index contributed by atoms with van der Waals surface area (Å²) < 4.78 is 0. The van der Waals surface area contributed by atoms with E-state index in [0.717, 1.165) is 96.3 Å². The van der Waals surface area contributed by atoms with Gasteiger partial charge in [0.25, 0.3) is 0 Å². The average molecular weight is 1440 g/mol. The Morgan fingerprint density at radius 3 is 0.559 bits per heavy atom. The zero-order valence-electron chi connectivity index (χ0n) is 64.1. The maximum Gasteiger partial charge on any atom is 0.221 e. The molecular formula is C76H147N19O7. The van der Waals surface area contributed by atoms with Gasteiger partial charge in [-0.25, -0.2) is 0 Å². The number of azide groups is 3. The van der Waals surface area contributed by atoms with E-state index in [-0.39, 0.29) is 67.0 Å². The van der Waals surface area contributed by atoms with Gasteiger partial charge < -0.3 is 52.8 Å². The first-order valence-electron chi connectivity index (χ1n) is 41.1. The quantitative estimate of drug-likeness (QED) is 0.0123. The molecule has 9 N–H and O–H groups in total. The Labute approximate surface area is 616 Å². The molecule has 26 heteroatoms. The van der Waals surface area contributed by atoms with Crippen molar-refractivity contribution in [2.24, 2.45) is 21.1 Å². The van der Waals surface area contributed by atoms with Gasteiger partial charge in [-0.3, -0.25) is 33.6 Å². The molecule has 0 fully saturated rings. The molecule has 0 saturated heterocycles. The topological polar surface area (TPSA) is 382 Å². The van der Waals surface area contributed by atoms with Gasteiger partial charge in [-0.15, -0.1) is 0 Å². The smallest absolute Gasteiger partial charge is 0.221 e. The summed E-state index contributed by atoms with van der Waals surface area (Å²) in [5.74, 6) is -0.751. The lowest BCUT2D eigenvalue weighted by Gasteiger charge is -2.27. The summed E-state index contributed by atoms with van der Waals surface area (Å²) in [6, 6.07) is 0. The molecule has 26 nitrogen and oxygen atoms in total. The number of carbonyl (C=O) groups excluding carboxylic acids is 7. The van der Waals surface area contributed by atoms with E-state index in [1.807, 2.05) is 9.80 Å². The summed E-state index contributed by atoms with van der Waals surface area (Å²) >= 11 is 0. The monoisotopic (exact) mass is 1440 g/mol. The van der Waals surface area contributed by atoms with Gasteiger partial charge in [0.15, 0.2) is 0 Å². The second-order valence-corrected chi connectivity index (χ2v) is 27.9. The minimum absolute atomic E-state index is 0.0177. The molecule has 0 atom stereocenters. The molecule has 102 heavy (non-hydrogen) atoms. The number of rotatable bonds is 80. The van der Waals surface area contributed by atoms with Crippen LogP contribution in [0.25, 0.3) is 31.3 Å². The summed E-state index contributed by atoms with van der Waals surface area (Å²) in [6.45, 7) is 6.68. The Hall–Kier alpha value is -5.90. The third-order valence-electron chi connectivity index (χ3n) is 18.8. The largest absolute Gasteiger partial charge is 0.355 e. The van der Waals surface area contributed by atoms with Crippen LogP contribution in [0.15, 0.2) is 15.3 Å². The number of nitrogens with zero attached hydrogens (tertiary/aromatic N) is 11. The first kappa shape index (κ1) is 96.1. The molecule has 0 aromatic rings. The molecule has 0 rings (SSSR count). The van der Waals surface area contributed by atoms with Crippen molar-refractivity contribution in [2.75, 3.05) is 111 Å². The summed E-state index contributed by atoms with van der Waals surface area (Å²) in [5.41, 5.74) is 30.7. The van der Waals surface area contributed by atoms with Gasteiger partial charge in [0, 0.05) is 171 Å². The van der Waals surface area contributed by atoms with E-state index in [1.54, 1.807) is 0 Å². The molecule has 0 saturated carbocycles. The number of carbonyl (C=O) groups is 7. The van der Waals surface area contributed by atoms with Gasteiger partial charge in [0.2, 0.25) is 41.4 Å². The predicted molar refractivity (Wildman–Crippen MR) is 415 cm³/mol. The summed E-state index contributed by atoms with van der Waals surface area (Å²) in [4.78, 5) is 103. The van der Waals surface area contributed by atoms with Crippen LogP contribution >= 0.6 is 0 Å². The molecule has 7 amide bonds. The van der Waals surface area contributed by atoms with Crippen molar-refractivity contribution in [2.45, 2.75) is 334 Å². The zero-order valence-corrected chi connectivity index (χ0v) is 64.1. The van der Waals surface area contributed by atoms with E-state index in [0.29, 0.717) is 131 Å². The highest BCUT2D eigenvalue weighted by Crippen LogP contribution is 2.18. The van der Waals surface area contributed by atoms with Crippen LogP contribution in [0.4, 0.5) is 0 Å². The van der Waals surface area contributed by atoms with Crippen LogP contribution in [-0.2, 0) is 33.6 Å². The molecule has 588 valence electrons. The van der Waals surface area contributed by atoms with E-state index >= 15 is 0 Å². The van der Waals surface area contributed by atoms with Crippen molar-refractivity contribution < 1.29 is 33.6 Å². The molecule has 0 aromatic heterocycles. The Morgan fingerprint density at radius 2 is 0.382 bits per heavy atom. The number of amides is 7. The molecule has 0 aromatic carbocycles. The second kappa shape index (κ2) is 79.2. The lowest BCUT2D eigenvalue weighted by Crippen LogP contribution is -2.42. The number of hydrogen-bond donors (Lipinski definition) is 8. The van der Waals surface area contributed by atoms with Gasteiger partial charge in [-0.2, -0.15) is 0 Å². The maximum absolute atomic E-state index is 13.2. The van der Waals surface area contributed by atoms with E-state index in [4.69, 9.17) is 22.3 Å². The number of nitrogens with two attached hydrogens (primary N) is 1. The van der Waals surface area contributed by atoms with Gasteiger partial charge in [0.05, 0.1) is 0 Å². The highest BCUT2D eigenvalue weighted by molar-refractivity contribution is 5.79. The Kier molecular flexibility index (Phi) is 74.6. The highest BCUT2D eigenvalue weighted by Gasteiger charge is 2.17. The van der Waals surface area contributed by atoms with Gasteiger partial charge in [-0.05, 0) is 55.1 Å². The van der Waals surface area contributed by atoms with Crippen LogP contribution in [0.2, 0.25) is 0 Å². The van der Waals surface area contributed by atoms with Gasteiger partial charge >= 0.3 is 0 Å². The third-order valence-corrected chi connectivity index (χ3v) is 18.8. The average Bonchev–Trinajstić information content (AvgIpc) is 1.55. The molecule has 0 unspecified atom stereocenters. The number of hydrogen-bond acceptors (Lipinski definition) is 13. The van der Waals surface area contributed by atoms with Crippen molar-refractivity contribution in [3.63, 3.8) is 0 Å². The van der Waals surface area contributed by atoms with Crippen molar-refractivity contribution >= 4 is 41.4 Å². The van der Waals surface area contributed by atoms with E-state index in [1.165, 1.54) is 193 Å². The first-order valence-corrected chi connectivity index (χ1v) is 41.1. The standard InChI is InChI=1S/C76H147N19O7/c77-53-57-81-73(99)49-64-94(65-50-74(100)85-61-58-82-70(96)46-40-34-28-22-16-10-4-1-7-13-19-25-31-37-43-54-88-91-78)68-69-95(66-51-75(101)86-62-59-83-71(97)47-41-35-29-23-17-11-5-2-8-14-20-26-32-38-44-55-89-92-79)67-52-76(102)87-63-60-84-72(98)48-42-36-30-24-18-12-6-3-9-15-21-27-33-39-45-56-90-93-80/h1-69,77H2,(H,81,99)(H,82,96)(H,83,97)(H,84,98)(H,85,100)(H,86,101)(H,87,102). The lowest BCUT2D eigenvalue weighted by molar-refractivity contribution is -0.123. The number of nitrogens with one attached hydrogen (secondary N) is 7. The summed E-state index contributed by atoms with van der Waals surface area (Å²) in [7, 11) is 0. The van der Waals surface area contributed by atoms with Gasteiger partial charge in [0.1, 0.15) is 0 Å². The van der Waals surface area contributed by atoms with Crippen LogP contribution in [0, 0.1) is 0 Å². The predicted octanol–water partition coefficient (Wildman–Crippen LogP) is 15.6. The van der Waals surface area contributed by atoms with Crippen LogP contribution in [-0.4, -0.2) is 162 Å². The normalized spacial score (nSPS) is 11.0. The molecule has 0 heterocycles. The van der Waals surface area contributed by atoms with Crippen molar-refractivity contribution in [3.05, 3.63) is 31.3 Å². The maximum atomic E-state index is 13.2. The number of unbranched alkanes of at least 4 members (excludes halogenated alkanes) is 42. The Morgan fingerprint density at radius 1 is 0.225 bits per heavy atom. The van der Waals surface area contributed by atoms with Crippen LogP contribution in [0.3, 0.4) is 0 Å². The SMILES string of the molecule is [N-]=[N+]=NCCCCCCCCCCCCCCCCCC(=O)NCCNC(=O)CCN(CCC(=O)NCCN)CCN(CCC(=O)NCCNC(=O)CCCCCCCCCCCCCCCCCN=[N+]=[N-])CCC(=O)NCCNC(=O)CCCCCCCCCCCCCCCCCN=[N+]=[N-]. The minimum atomic E-state index is -0.182. The van der Waals surface area contributed by atoms with Crippen molar-refractivity contribution in [1.29, 1.82) is 0 Å². The van der Waals surface area contributed by atoms with Crippen LogP contribution in [0.5, 0.6) is 0 Å². The van der Waals surface area contributed by atoms with Crippen molar-refractivity contribution in [3.8, 4) is 0 Å². The molecular weight excluding hydrogens is 1290 g/mol. The van der Waals surface area contributed by atoms with Crippen LogP contribution in [0.1, 0.15) is 334 Å². The second-order valence-electron chi connectivity index (χ2n) is 27.9. The highest BCUT2D eigenvalue weighted by atomic mass is 16.2. The molecule has 0 bridgehead atoms. The van der Waals surface area contributed by atoms with Crippen molar-refractivity contribution in [1.82, 2.24) is 47.0 Å². The first-order chi connectivity index (χ1) is 50.0. The fraction of sp³-hybridized carbons (Fsp3) is 0.908. The van der Waals surface area contributed by atoms with Crippen LogP contribution < -0.4 is 43.0 Å². The molecule has 0 aliphatic heterocycles. The minimum Gasteiger partial charge on any atom is -0.355 e. The summed E-state index contributed by atoms with van der Waals surface area (Å²) in [5, 5.41) is 31.2. The van der Waals surface area contributed by atoms with Gasteiger partial charge in [-0.1, -0.05) is 266 Å². The fourth-order valence-corrected chi connectivity index (χ4v) is 12.5. The zero-order chi connectivity index (χ0) is 74.2. The fourth-order valence-electron chi connectivity index (χ4n) is 12.5. The Balaban J connectivity index is 4.98. The lowest BCUT2D eigenvalue weighted by atomic mass is 10.0. The van der Waals surface area contributed by atoms with E-state index < -0.39 is 0 Å². The third kappa shape index (κ3) is 75.3. The molecule has 0 spiro atoms. The Bertz CT molecular complexity index is 2090. The molecule has 0 aliphatic rings. The van der Waals surface area contributed by atoms with E-state index in [2.05, 4.69) is 67.3 Å².